The smallest absolute Gasteiger partial charge is 0.322 e. The topological polar surface area (TPSA) is 120 Å². The Morgan fingerprint density at radius 2 is 1.91 bits per heavy atom. The monoisotopic (exact) mass is 441 g/mol. The van der Waals surface area contributed by atoms with Crippen LogP contribution >= 0.6 is 0 Å². The number of hydrogen-bond acceptors (Lipinski definition) is 6. The molecule has 0 aliphatic carbocycles. The number of carboxylic acid groups (broad SMARTS) is 1. The molecule has 0 fully saturated rings. The second-order valence-corrected chi connectivity index (χ2v) is 7.47. The number of nitrogens with one attached hydrogen (secondary N) is 1. The first-order valence-electron chi connectivity index (χ1n) is 10.2. The van der Waals surface area contributed by atoms with Crippen molar-refractivity contribution in [3.8, 4) is 5.75 Å². The largest absolute Gasteiger partial charge is 0.505 e. The highest BCUT2D eigenvalue weighted by molar-refractivity contribution is 6.11. The van der Waals surface area contributed by atoms with Crippen LogP contribution in [0.2, 0.25) is 0 Å². The van der Waals surface area contributed by atoms with E-state index in [9.17, 15) is 14.7 Å². The molecule has 4 aromatic rings. The van der Waals surface area contributed by atoms with E-state index in [1.54, 1.807) is 12.1 Å². The van der Waals surface area contributed by atoms with Crippen molar-refractivity contribution in [1.82, 2.24) is 19.9 Å². The van der Waals surface area contributed by atoms with E-state index in [1.807, 2.05) is 48.7 Å². The molecule has 0 radical (unpaired) electrons. The summed E-state index contributed by atoms with van der Waals surface area (Å²) < 4.78 is 1.24. The van der Waals surface area contributed by atoms with E-state index in [0.717, 1.165) is 23.4 Å². The van der Waals surface area contributed by atoms with Crippen molar-refractivity contribution < 1.29 is 19.8 Å². The highest BCUT2D eigenvalue weighted by Gasteiger charge is 2.24. The Kier molecular flexibility index (Phi) is 4.98. The lowest BCUT2D eigenvalue weighted by Crippen LogP contribution is -2.31. The lowest BCUT2D eigenvalue weighted by Gasteiger charge is -2.24. The number of aromatic hydroxyl groups is 1. The number of aliphatic carboxylic acids is 1. The van der Waals surface area contributed by atoms with Crippen LogP contribution in [-0.4, -0.2) is 49.8 Å². The number of rotatable bonds is 5. The van der Waals surface area contributed by atoms with Gasteiger partial charge in [0.2, 0.25) is 0 Å². The molecule has 2 aromatic heterocycles. The van der Waals surface area contributed by atoms with E-state index in [0.29, 0.717) is 16.4 Å². The summed E-state index contributed by atoms with van der Waals surface area (Å²) in [6.45, 7) is 0.136. The summed E-state index contributed by atoms with van der Waals surface area (Å²) in [6, 6.07) is 15.4. The van der Waals surface area contributed by atoms with E-state index in [-0.39, 0.29) is 11.4 Å². The van der Waals surface area contributed by atoms with Crippen molar-refractivity contribution in [1.29, 1.82) is 0 Å². The van der Waals surface area contributed by atoms with Gasteiger partial charge >= 0.3 is 5.97 Å². The standard InChI is InChI=1S/C24H19N5O4/c30-19(31)12-25-24(33)21-22(32)18-10-4-9-17(20(18)23-26-14-27-29(21)23)15-6-5-11-28(13-15)16-7-2-1-3-8-16/h1-10,13-14,32H,11-12H2,(H,25,33)(H,30,31). The van der Waals surface area contributed by atoms with Crippen LogP contribution in [0.5, 0.6) is 5.75 Å². The molecule has 3 heterocycles. The maximum atomic E-state index is 12.7. The third-order valence-electron chi connectivity index (χ3n) is 5.44. The summed E-state index contributed by atoms with van der Waals surface area (Å²) in [5.74, 6) is -2.25. The second-order valence-electron chi connectivity index (χ2n) is 7.47. The number of carbonyl (C=O) groups excluding carboxylic acids is 1. The summed E-state index contributed by atoms with van der Waals surface area (Å²) in [4.78, 5) is 30.0. The van der Waals surface area contributed by atoms with Crippen LogP contribution in [0.4, 0.5) is 5.69 Å². The van der Waals surface area contributed by atoms with Gasteiger partial charge in [0.05, 0.1) is 0 Å². The molecule has 0 saturated carbocycles. The molecule has 1 aliphatic heterocycles. The van der Waals surface area contributed by atoms with Gasteiger partial charge in [-0.3, -0.25) is 9.59 Å². The molecule has 1 aliphatic rings. The van der Waals surface area contributed by atoms with Gasteiger partial charge in [0.25, 0.3) is 5.91 Å². The lowest BCUT2D eigenvalue weighted by atomic mass is 9.97. The molecular formula is C24H19N5O4. The molecule has 0 saturated heterocycles. The van der Waals surface area contributed by atoms with Crippen LogP contribution in [0.15, 0.2) is 73.2 Å². The van der Waals surface area contributed by atoms with Gasteiger partial charge in [-0.25, -0.2) is 9.50 Å². The first kappa shape index (κ1) is 20.3. The molecular weight excluding hydrogens is 422 g/mol. The summed E-state index contributed by atoms with van der Waals surface area (Å²) in [5.41, 5.74) is 2.98. The molecule has 5 rings (SSSR count). The molecule has 0 spiro atoms. The van der Waals surface area contributed by atoms with Crippen LogP contribution in [0, 0.1) is 0 Å². The SMILES string of the molecule is O=C(O)CNC(=O)c1c(O)c2cccc(C3=CN(c4ccccc4)CC=C3)c2c2ncnn12. The van der Waals surface area contributed by atoms with Gasteiger partial charge in [0.1, 0.15) is 12.9 Å². The number of amides is 1. The Labute approximate surface area is 187 Å². The van der Waals surface area contributed by atoms with Crippen LogP contribution < -0.4 is 10.2 Å². The van der Waals surface area contributed by atoms with Crippen molar-refractivity contribution in [2.75, 3.05) is 18.0 Å². The van der Waals surface area contributed by atoms with Crippen LogP contribution in [-0.2, 0) is 4.79 Å². The molecule has 0 unspecified atom stereocenters. The number of para-hydroxylation sites is 1. The van der Waals surface area contributed by atoms with Gasteiger partial charge in [-0.2, -0.15) is 5.10 Å². The fourth-order valence-electron chi connectivity index (χ4n) is 3.99. The highest BCUT2D eigenvalue weighted by Crippen LogP contribution is 2.37. The molecule has 2 aromatic carbocycles. The maximum absolute atomic E-state index is 12.7. The van der Waals surface area contributed by atoms with E-state index in [1.165, 1.54) is 10.8 Å². The van der Waals surface area contributed by atoms with Gasteiger partial charge in [-0.1, -0.05) is 48.6 Å². The zero-order chi connectivity index (χ0) is 22.9. The maximum Gasteiger partial charge on any atom is 0.322 e. The zero-order valence-electron chi connectivity index (χ0n) is 17.3. The second kappa shape index (κ2) is 8.12. The number of pyridine rings is 1. The zero-order valence-corrected chi connectivity index (χ0v) is 17.3. The fourth-order valence-corrected chi connectivity index (χ4v) is 3.99. The average molecular weight is 441 g/mol. The number of hydrogen-bond donors (Lipinski definition) is 3. The summed E-state index contributed by atoms with van der Waals surface area (Å²) in [7, 11) is 0. The minimum absolute atomic E-state index is 0.174. The van der Waals surface area contributed by atoms with Crippen molar-refractivity contribution in [3.05, 3.63) is 84.5 Å². The van der Waals surface area contributed by atoms with Crippen LogP contribution in [0.1, 0.15) is 16.1 Å². The lowest BCUT2D eigenvalue weighted by molar-refractivity contribution is -0.135. The predicted molar refractivity (Wildman–Crippen MR) is 123 cm³/mol. The number of anilines is 1. The summed E-state index contributed by atoms with van der Waals surface area (Å²) in [5, 5.41) is 27.3. The predicted octanol–water partition coefficient (Wildman–Crippen LogP) is 2.82. The van der Waals surface area contributed by atoms with Crippen LogP contribution in [0.3, 0.4) is 0 Å². The number of aromatic nitrogens is 3. The molecule has 9 nitrogen and oxygen atoms in total. The van der Waals surface area contributed by atoms with Crippen LogP contribution in [0.25, 0.3) is 22.0 Å². The Morgan fingerprint density at radius 3 is 2.70 bits per heavy atom. The van der Waals surface area contributed by atoms with Crippen molar-refractivity contribution >= 4 is 39.6 Å². The third-order valence-corrected chi connectivity index (χ3v) is 5.44. The Balaban J connectivity index is 1.68. The first-order chi connectivity index (χ1) is 16.0. The minimum atomic E-state index is -1.19. The Morgan fingerprint density at radius 1 is 1.09 bits per heavy atom. The highest BCUT2D eigenvalue weighted by atomic mass is 16.4. The Hall–Kier alpha value is -4.66. The van der Waals surface area contributed by atoms with Gasteiger partial charge in [-0.05, 0) is 23.3 Å². The molecule has 164 valence electrons. The summed E-state index contributed by atoms with van der Waals surface area (Å²) in [6.07, 6.45) is 7.38. The molecule has 33 heavy (non-hydrogen) atoms. The van der Waals surface area contributed by atoms with Gasteiger partial charge in [-0.15, -0.1) is 0 Å². The summed E-state index contributed by atoms with van der Waals surface area (Å²) >= 11 is 0. The molecule has 3 N–H and O–H groups in total. The molecule has 1 amide bonds. The van der Waals surface area contributed by atoms with Gasteiger partial charge < -0.3 is 20.4 Å². The minimum Gasteiger partial charge on any atom is -0.505 e. The number of carboxylic acids is 1. The molecule has 0 atom stereocenters. The van der Waals surface area contributed by atoms with E-state index in [2.05, 4.69) is 26.4 Å². The van der Waals surface area contributed by atoms with Crippen molar-refractivity contribution in [2.45, 2.75) is 0 Å². The first-order valence-corrected chi connectivity index (χ1v) is 10.2. The van der Waals surface area contributed by atoms with Crippen molar-refractivity contribution in [2.24, 2.45) is 0 Å². The number of nitrogens with zero attached hydrogens (tertiary/aromatic N) is 4. The number of carbonyl (C=O) groups is 2. The number of fused-ring (bicyclic) bond motifs is 3. The molecule has 9 heteroatoms. The molecule has 0 bridgehead atoms. The average Bonchev–Trinajstić information content (AvgIpc) is 3.32. The fraction of sp³-hybridized carbons (Fsp3) is 0.0833. The normalized spacial score (nSPS) is 13.3. The quantitative estimate of drug-likeness (QED) is 0.436. The van der Waals surface area contributed by atoms with E-state index >= 15 is 0 Å². The van der Waals surface area contributed by atoms with Gasteiger partial charge in [0.15, 0.2) is 17.1 Å². The number of benzene rings is 2. The third kappa shape index (κ3) is 3.55. The number of allylic oxidation sites excluding steroid dienone is 2. The van der Waals surface area contributed by atoms with E-state index in [4.69, 9.17) is 5.11 Å². The Bertz CT molecular complexity index is 1460. The van der Waals surface area contributed by atoms with Crippen molar-refractivity contribution in [3.63, 3.8) is 0 Å². The van der Waals surface area contributed by atoms with Gasteiger partial charge in [0, 0.05) is 29.2 Å². The van der Waals surface area contributed by atoms with E-state index < -0.39 is 18.4 Å².